The topological polar surface area (TPSA) is 86.0 Å². The van der Waals surface area contributed by atoms with Crippen LogP contribution in [-0.2, 0) is 22.4 Å². The van der Waals surface area contributed by atoms with Crippen LogP contribution in [0.2, 0.25) is 10.0 Å². The molecule has 40 heavy (non-hydrogen) atoms. The Morgan fingerprint density at radius 1 is 1.23 bits per heavy atom. The lowest BCUT2D eigenvalue weighted by Gasteiger charge is -2.31. The van der Waals surface area contributed by atoms with E-state index in [1.807, 2.05) is 5.38 Å². The number of pyridine rings is 1. The number of likely N-dealkylation sites (tertiary alicyclic amines) is 1. The third kappa shape index (κ3) is 5.84. The van der Waals surface area contributed by atoms with Crippen molar-refractivity contribution in [2.24, 2.45) is 5.16 Å². The van der Waals surface area contributed by atoms with Gasteiger partial charge < -0.3 is 19.0 Å². The Hall–Kier alpha value is -3.09. The first-order valence-corrected chi connectivity index (χ1v) is 13.9. The van der Waals surface area contributed by atoms with E-state index in [1.54, 1.807) is 23.1 Å². The molecule has 212 valence electrons. The number of thiazole rings is 1. The van der Waals surface area contributed by atoms with Crippen LogP contribution in [0.3, 0.4) is 0 Å². The van der Waals surface area contributed by atoms with Crippen molar-refractivity contribution in [1.82, 2.24) is 14.5 Å². The number of piperidine rings is 1. The molecule has 2 aliphatic heterocycles. The Bertz CT molecular complexity index is 1500. The lowest BCUT2D eigenvalue weighted by molar-refractivity contribution is -0.139. The number of hydrogen-bond acceptors (Lipinski definition) is 7. The zero-order valence-electron chi connectivity index (χ0n) is 21.1. The van der Waals surface area contributed by atoms with E-state index >= 15 is 0 Å². The Kier molecular flexibility index (Phi) is 8.12. The number of oxime groups is 1. The third-order valence-corrected chi connectivity index (χ3v) is 8.58. The molecule has 1 fully saturated rings. The van der Waals surface area contributed by atoms with Gasteiger partial charge in [-0.3, -0.25) is 9.59 Å². The highest BCUT2D eigenvalue weighted by molar-refractivity contribution is 7.10. The Morgan fingerprint density at radius 3 is 2.58 bits per heavy atom. The zero-order chi connectivity index (χ0) is 28.6. The second-order valence-electron chi connectivity index (χ2n) is 9.43. The molecule has 0 aliphatic carbocycles. The molecule has 1 amide bonds. The SMILES string of the molecule is COc1cc(C(F)(F)F)cn(CC(=O)N2CCC(c3nc(C4=NOC(c5c(Cl)cccc5Cl)C4)cs3)CC2)c1=O. The number of aromatic nitrogens is 2. The minimum atomic E-state index is -4.69. The largest absolute Gasteiger partial charge is 0.491 e. The van der Waals surface area contributed by atoms with Gasteiger partial charge in [0.1, 0.15) is 12.3 Å². The van der Waals surface area contributed by atoms with Crippen molar-refractivity contribution in [3.63, 3.8) is 0 Å². The molecule has 1 saturated heterocycles. The molecule has 0 spiro atoms. The van der Waals surface area contributed by atoms with Crippen molar-refractivity contribution in [3.8, 4) is 5.75 Å². The smallest absolute Gasteiger partial charge is 0.417 e. The van der Waals surface area contributed by atoms with Crippen LogP contribution >= 0.6 is 34.5 Å². The van der Waals surface area contributed by atoms with Gasteiger partial charge in [-0.1, -0.05) is 34.4 Å². The standard InChI is InChI=1S/C26H23Cl2F3N4O4S/c1-38-21-9-15(26(29,30)31)11-35(25(21)37)12-22(36)34-7-5-14(6-8-34)24-32-19(13-40-24)18-10-20(39-33-18)23-16(27)3-2-4-17(23)28/h2-4,9,11,13-14,20H,5-8,10,12H2,1H3. The van der Waals surface area contributed by atoms with Crippen LogP contribution < -0.4 is 10.3 Å². The molecule has 14 heteroatoms. The van der Waals surface area contributed by atoms with Gasteiger partial charge in [0, 0.05) is 52.6 Å². The Morgan fingerprint density at radius 2 is 1.93 bits per heavy atom. The summed E-state index contributed by atoms with van der Waals surface area (Å²) < 4.78 is 45.3. The normalized spacial score (nSPS) is 18.0. The predicted octanol–water partition coefficient (Wildman–Crippen LogP) is 5.91. The number of amides is 1. The minimum Gasteiger partial charge on any atom is -0.491 e. The second-order valence-corrected chi connectivity index (χ2v) is 11.1. The van der Waals surface area contributed by atoms with Crippen LogP contribution in [0, 0.1) is 0 Å². The van der Waals surface area contributed by atoms with Crippen molar-refractivity contribution in [2.75, 3.05) is 20.2 Å². The lowest BCUT2D eigenvalue weighted by atomic mass is 9.97. The fourth-order valence-corrected chi connectivity index (χ4v) is 6.40. The molecule has 3 aromatic rings. The molecule has 5 rings (SSSR count). The maximum atomic E-state index is 13.2. The minimum absolute atomic E-state index is 0.107. The van der Waals surface area contributed by atoms with E-state index < -0.39 is 41.6 Å². The maximum absolute atomic E-state index is 13.2. The number of carbonyl (C=O) groups excluding carboxylic acids is 1. The number of nitrogens with zero attached hydrogens (tertiary/aromatic N) is 4. The van der Waals surface area contributed by atoms with Crippen LogP contribution in [0.25, 0.3) is 0 Å². The first-order chi connectivity index (χ1) is 19.0. The van der Waals surface area contributed by atoms with Gasteiger partial charge in [0.15, 0.2) is 11.9 Å². The summed E-state index contributed by atoms with van der Waals surface area (Å²) in [6.07, 6.45) is -2.72. The van der Waals surface area contributed by atoms with E-state index in [0.717, 1.165) is 16.7 Å². The highest BCUT2D eigenvalue weighted by Crippen LogP contribution is 2.39. The summed E-state index contributed by atoms with van der Waals surface area (Å²) in [5.74, 6) is -0.807. The molecule has 2 aliphatic rings. The van der Waals surface area contributed by atoms with Crippen molar-refractivity contribution in [1.29, 1.82) is 0 Å². The summed E-state index contributed by atoms with van der Waals surface area (Å²) >= 11 is 14.1. The van der Waals surface area contributed by atoms with Gasteiger partial charge in [-0.25, -0.2) is 4.98 Å². The monoisotopic (exact) mass is 614 g/mol. The van der Waals surface area contributed by atoms with Crippen LogP contribution in [-0.4, -0.2) is 46.3 Å². The molecule has 4 heterocycles. The second kappa shape index (κ2) is 11.4. The van der Waals surface area contributed by atoms with Crippen molar-refractivity contribution in [3.05, 3.63) is 78.1 Å². The van der Waals surface area contributed by atoms with Gasteiger partial charge in [-0.2, -0.15) is 13.2 Å². The summed E-state index contributed by atoms with van der Waals surface area (Å²) in [6, 6.07) is 5.89. The van der Waals surface area contributed by atoms with Gasteiger partial charge in [0.05, 0.1) is 23.4 Å². The molecule has 0 bridgehead atoms. The average molecular weight is 615 g/mol. The van der Waals surface area contributed by atoms with Crippen LogP contribution in [0.15, 0.2) is 45.8 Å². The quantitative estimate of drug-likeness (QED) is 0.344. The number of methoxy groups -OCH3 is 1. The first-order valence-electron chi connectivity index (χ1n) is 12.3. The number of hydrogen-bond donors (Lipinski definition) is 0. The number of ether oxygens (including phenoxy) is 1. The summed E-state index contributed by atoms with van der Waals surface area (Å²) in [5, 5.41) is 8.04. The van der Waals surface area contributed by atoms with Gasteiger partial charge in [-0.15, -0.1) is 11.3 Å². The van der Waals surface area contributed by atoms with E-state index in [4.69, 9.17) is 37.8 Å². The Balaban J connectivity index is 1.20. The van der Waals surface area contributed by atoms with Crippen LogP contribution in [0.4, 0.5) is 13.2 Å². The molecule has 0 radical (unpaired) electrons. The number of rotatable bonds is 6. The van der Waals surface area contributed by atoms with Gasteiger partial charge in [0.2, 0.25) is 5.91 Å². The molecular weight excluding hydrogens is 592 g/mol. The number of benzene rings is 1. The lowest BCUT2D eigenvalue weighted by Crippen LogP contribution is -2.41. The maximum Gasteiger partial charge on any atom is 0.417 e. The number of halogens is 5. The van der Waals surface area contributed by atoms with E-state index in [0.29, 0.717) is 71.6 Å². The highest BCUT2D eigenvalue weighted by Gasteiger charge is 2.34. The van der Waals surface area contributed by atoms with Crippen molar-refractivity contribution >= 4 is 46.2 Å². The van der Waals surface area contributed by atoms with Gasteiger partial charge in [-0.05, 0) is 31.0 Å². The molecule has 1 unspecified atom stereocenters. The van der Waals surface area contributed by atoms with E-state index in [9.17, 15) is 22.8 Å². The molecular formula is C26H23Cl2F3N4O4S. The predicted molar refractivity (Wildman–Crippen MR) is 144 cm³/mol. The fourth-order valence-electron chi connectivity index (χ4n) is 4.76. The van der Waals surface area contributed by atoms with E-state index in [2.05, 4.69) is 5.16 Å². The van der Waals surface area contributed by atoms with E-state index in [1.165, 1.54) is 11.3 Å². The van der Waals surface area contributed by atoms with Crippen LogP contribution in [0.1, 0.15) is 53.1 Å². The molecule has 8 nitrogen and oxygen atoms in total. The Labute approximate surface area is 240 Å². The molecule has 2 aromatic heterocycles. The number of alkyl halides is 3. The fraction of sp³-hybridized carbons (Fsp3) is 0.385. The molecule has 1 aromatic carbocycles. The number of carbonyl (C=O) groups is 1. The van der Waals surface area contributed by atoms with Crippen molar-refractivity contribution in [2.45, 2.75) is 44.0 Å². The molecule has 0 saturated carbocycles. The summed E-state index contributed by atoms with van der Waals surface area (Å²) in [7, 11) is 1.11. The molecule has 1 atom stereocenters. The van der Waals surface area contributed by atoms with Crippen molar-refractivity contribution < 1.29 is 27.5 Å². The summed E-state index contributed by atoms with van der Waals surface area (Å²) in [6.45, 7) is 0.266. The highest BCUT2D eigenvalue weighted by atomic mass is 35.5. The molecule has 0 N–H and O–H groups in total. The van der Waals surface area contributed by atoms with E-state index in [-0.39, 0.29) is 5.92 Å². The summed E-state index contributed by atoms with van der Waals surface area (Å²) in [4.78, 5) is 37.2. The first kappa shape index (κ1) is 28.4. The van der Waals surface area contributed by atoms with Gasteiger partial charge >= 0.3 is 6.18 Å². The zero-order valence-corrected chi connectivity index (χ0v) is 23.4. The summed E-state index contributed by atoms with van der Waals surface area (Å²) in [5.41, 5.74) is 0.225. The average Bonchev–Trinajstić information content (AvgIpc) is 3.60. The third-order valence-electron chi connectivity index (χ3n) is 6.91. The van der Waals surface area contributed by atoms with Crippen LogP contribution in [0.5, 0.6) is 5.75 Å². The van der Waals surface area contributed by atoms with Gasteiger partial charge in [0.25, 0.3) is 5.56 Å².